The first-order chi connectivity index (χ1) is 6.69. The Labute approximate surface area is 90.9 Å². The highest BCUT2D eigenvalue weighted by molar-refractivity contribution is 9.10. The van der Waals surface area contributed by atoms with Crippen LogP contribution >= 0.6 is 15.9 Å². The maximum Gasteiger partial charge on any atom is 0.235 e. The van der Waals surface area contributed by atoms with Crippen molar-refractivity contribution in [2.24, 2.45) is 4.99 Å². The summed E-state index contributed by atoms with van der Waals surface area (Å²) in [6, 6.07) is 3.74. The average Bonchev–Trinajstić information content (AvgIpc) is 2.20. The van der Waals surface area contributed by atoms with E-state index in [1.54, 1.807) is 7.11 Å². The van der Waals surface area contributed by atoms with Gasteiger partial charge in [-0.05, 0) is 30.2 Å². The van der Waals surface area contributed by atoms with Crippen molar-refractivity contribution in [1.82, 2.24) is 0 Å². The fraction of sp³-hybridized carbons (Fsp3) is 0.300. The molecule has 4 heteroatoms. The normalized spacial score (nSPS) is 9.36. The Bertz CT molecular complexity index is 384. The van der Waals surface area contributed by atoms with Gasteiger partial charge in [0.1, 0.15) is 5.75 Å². The van der Waals surface area contributed by atoms with Crippen LogP contribution in [0.25, 0.3) is 0 Å². The Morgan fingerprint density at radius 2 is 2.29 bits per heavy atom. The van der Waals surface area contributed by atoms with Crippen LogP contribution in [0.2, 0.25) is 0 Å². The largest absolute Gasteiger partial charge is 0.497 e. The number of hydrogen-bond donors (Lipinski definition) is 0. The third kappa shape index (κ3) is 2.44. The maximum atomic E-state index is 9.99. The second kappa shape index (κ2) is 4.94. The Kier molecular flexibility index (Phi) is 3.86. The van der Waals surface area contributed by atoms with Crippen molar-refractivity contribution in [2.45, 2.75) is 13.5 Å². The van der Waals surface area contributed by atoms with Crippen LogP contribution in [-0.4, -0.2) is 13.2 Å². The number of methoxy groups -OCH3 is 1. The van der Waals surface area contributed by atoms with Crippen molar-refractivity contribution in [3.05, 3.63) is 27.7 Å². The number of isocyanates is 1. The van der Waals surface area contributed by atoms with Crippen LogP contribution in [0.4, 0.5) is 0 Å². The maximum absolute atomic E-state index is 9.99. The van der Waals surface area contributed by atoms with Crippen LogP contribution in [0, 0.1) is 6.92 Å². The van der Waals surface area contributed by atoms with E-state index in [1.165, 1.54) is 6.08 Å². The molecule has 0 N–H and O–H groups in total. The van der Waals surface area contributed by atoms with Crippen molar-refractivity contribution in [3.8, 4) is 5.75 Å². The van der Waals surface area contributed by atoms with Gasteiger partial charge in [-0.15, -0.1) is 0 Å². The highest BCUT2D eigenvalue weighted by atomic mass is 79.9. The molecule has 0 radical (unpaired) electrons. The second-order valence-corrected chi connectivity index (χ2v) is 3.66. The Hall–Kier alpha value is -1.12. The summed E-state index contributed by atoms with van der Waals surface area (Å²) in [5, 5.41) is 0. The molecule has 1 aromatic rings. The number of ether oxygens (including phenoxy) is 1. The molecule has 0 saturated carbocycles. The summed E-state index contributed by atoms with van der Waals surface area (Å²) >= 11 is 3.41. The smallest absolute Gasteiger partial charge is 0.235 e. The van der Waals surface area contributed by atoms with Gasteiger partial charge < -0.3 is 4.74 Å². The molecule has 0 saturated heterocycles. The van der Waals surface area contributed by atoms with Crippen molar-refractivity contribution in [1.29, 1.82) is 0 Å². The van der Waals surface area contributed by atoms with Crippen molar-refractivity contribution in [3.63, 3.8) is 0 Å². The fourth-order valence-corrected chi connectivity index (χ4v) is 1.59. The summed E-state index contributed by atoms with van der Waals surface area (Å²) < 4.78 is 6.05. The van der Waals surface area contributed by atoms with Crippen LogP contribution in [0.1, 0.15) is 11.1 Å². The van der Waals surface area contributed by atoms with Gasteiger partial charge in [0.15, 0.2) is 0 Å². The number of halogens is 1. The first-order valence-electron chi connectivity index (χ1n) is 4.05. The average molecular weight is 256 g/mol. The lowest BCUT2D eigenvalue weighted by Crippen LogP contribution is -1.92. The third-order valence-electron chi connectivity index (χ3n) is 1.98. The van der Waals surface area contributed by atoms with Crippen molar-refractivity contribution < 1.29 is 9.53 Å². The van der Waals surface area contributed by atoms with E-state index in [1.807, 2.05) is 19.1 Å². The summed E-state index contributed by atoms with van der Waals surface area (Å²) in [4.78, 5) is 13.5. The van der Waals surface area contributed by atoms with E-state index in [2.05, 4.69) is 20.9 Å². The number of carbonyl (C=O) groups excluding carboxylic acids is 1. The number of hydrogen-bond acceptors (Lipinski definition) is 3. The Morgan fingerprint density at radius 1 is 1.57 bits per heavy atom. The Morgan fingerprint density at radius 3 is 2.86 bits per heavy atom. The van der Waals surface area contributed by atoms with Crippen LogP contribution in [-0.2, 0) is 11.3 Å². The number of benzene rings is 1. The monoisotopic (exact) mass is 255 g/mol. The van der Waals surface area contributed by atoms with Gasteiger partial charge in [0.25, 0.3) is 0 Å². The molecule has 0 spiro atoms. The predicted molar refractivity (Wildman–Crippen MR) is 57.3 cm³/mol. The van der Waals surface area contributed by atoms with Gasteiger partial charge in [-0.1, -0.05) is 15.9 Å². The van der Waals surface area contributed by atoms with Crippen LogP contribution in [0.15, 0.2) is 21.6 Å². The Balaban J connectivity index is 3.12. The zero-order chi connectivity index (χ0) is 10.6. The van der Waals surface area contributed by atoms with Crippen LogP contribution < -0.4 is 4.74 Å². The van der Waals surface area contributed by atoms with Crippen LogP contribution in [0.5, 0.6) is 5.75 Å². The van der Waals surface area contributed by atoms with Gasteiger partial charge >= 0.3 is 0 Å². The summed E-state index contributed by atoms with van der Waals surface area (Å²) in [6.07, 6.45) is 1.52. The summed E-state index contributed by atoms with van der Waals surface area (Å²) in [7, 11) is 1.60. The van der Waals surface area contributed by atoms with Gasteiger partial charge in [-0.3, -0.25) is 0 Å². The molecule has 0 fully saturated rings. The highest BCUT2D eigenvalue weighted by Crippen LogP contribution is 2.26. The molecule has 3 nitrogen and oxygen atoms in total. The molecular formula is C10H10BrNO2. The van der Waals surface area contributed by atoms with Gasteiger partial charge in [-0.2, -0.15) is 0 Å². The molecule has 74 valence electrons. The third-order valence-corrected chi connectivity index (χ3v) is 2.80. The molecule has 14 heavy (non-hydrogen) atoms. The minimum absolute atomic E-state index is 0.338. The van der Waals surface area contributed by atoms with E-state index in [0.29, 0.717) is 6.54 Å². The fourth-order valence-electron chi connectivity index (χ4n) is 1.11. The molecule has 1 rings (SSSR count). The van der Waals surface area contributed by atoms with Crippen LogP contribution in [0.3, 0.4) is 0 Å². The molecule has 0 aliphatic carbocycles. The van der Waals surface area contributed by atoms with Gasteiger partial charge in [0, 0.05) is 4.47 Å². The van der Waals surface area contributed by atoms with E-state index in [-0.39, 0.29) is 0 Å². The predicted octanol–water partition coefficient (Wildman–Crippen LogP) is 2.60. The SMILES string of the molecule is COc1cc(Br)c(C)c(CN=C=O)c1. The van der Waals surface area contributed by atoms with Crippen molar-refractivity contribution >= 4 is 22.0 Å². The molecular weight excluding hydrogens is 246 g/mol. The van der Waals surface area contributed by atoms with E-state index in [0.717, 1.165) is 21.3 Å². The zero-order valence-electron chi connectivity index (χ0n) is 8.00. The standard InChI is InChI=1S/C10H10BrNO2/c1-7-8(5-12-6-13)3-9(14-2)4-10(7)11/h3-4H,5H2,1-2H3. The summed E-state index contributed by atoms with van der Waals surface area (Å²) in [5.74, 6) is 0.749. The first kappa shape index (κ1) is 11.0. The van der Waals surface area contributed by atoms with E-state index >= 15 is 0 Å². The number of aliphatic imine (C=N–C) groups is 1. The van der Waals surface area contributed by atoms with E-state index in [9.17, 15) is 4.79 Å². The number of rotatable bonds is 3. The molecule has 0 atom stereocenters. The van der Waals surface area contributed by atoms with Gasteiger partial charge in [0.2, 0.25) is 6.08 Å². The lowest BCUT2D eigenvalue weighted by molar-refractivity contribution is 0.414. The summed E-state index contributed by atoms with van der Waals surface area (Å²) in [5.41, 5.74) is 2.02. The molecule has 0 amide bonds. The molecule has 0 unspecified atom stereocenters. The first-order valence-corrected chi connectivity index (χ1v) is 4.85. The summed E-state index contributed by atoms with van der Waals surface area (Å²) in [6.45, 7) is 2.30. The quantitative estimate of drug-likeness (QED) is 0.615. The molecule has 0 bridgehead atoms. The molecule has 0 aromatic heterocycles. The highest BCUT2D eigenvalue weighted by Gasteiger charge is 2.04. The van der Waals surface area contributed by atoms with Gasteiger partial charge in [-0.25, -0.2) is 9.79 Å². The topological polar surface area (TPSA) is 38.7 Å². The number of nitrogens with zero attached hydrogens (tertiary/aromatic N) is 1. The molecule has 0 heterocycles. The van der Waals surface area contributed by atoms with E-state index in [4.69, 9.17) is 4.74 Å². The molecule has 1 aromatic carbocycles. The molecule has 0 aliphatic heterocycles. The molecule has 0 aliphatic rings. The lowest BCUT2D eigenvalue weighted by Gasteiger charge is -2.07. The lowest BCUT2D eigenvalue weighted by atomic mass is 10.1. The minimum Gasteiger partial charge on any atom is -0.497 e. The van der Waals surface area contributed by atoms with Gasteiger partial charge in [0.05, 0.1) is 13.7 Å². The van der Waals surface area contributed by atoms with E-state index < -0.39 is 0 Å². The zero-order valence-corrected chi connectivity index (χ0v) is 9.59. The van der Waals surface area contributed by atoms with Crippen molar-refractivity contribution in [2.75, 3.05) is 7.11 Å². The minimum atomic E-state index is 0.338. The second-order valence-electron chi connectivity index (χ2n) is 2.80.